The molecule has 2 saturated heterocycles. The maximum absolute atomic E-state index is 13.9. The van der Waals surface area contributed by atoms with Crippen LogP contribution in [0.3, 0.4) is 0 Å². The molecule has 2 aliphatic rings. The molecule has 2 aromatic carbocycles. The second-order valence-corrected chi connectivity index (χ2v) is 10.7. The van der Waals surface area contributed by atoms with Gasteiger partial charge in [-0.05, 0) is 61.7 Å². The lowest BCUT2D eigenvalue weighted by molar-refractivity contribution is -0.153. The van der Waals surface area contributed by atoms with E-state index in [9.17, 15) is 30.8 Å². The van der Waals surface area contributed by atoms with E-state index in [2.05, 4.69) is 20.7 Å². The van der Waals surface area contributed by atoms with Gasteiger partial charge in [-0.15, -0.1) is 0 Å². The minimum atomic E-state index is -4.65. The van der Waals surface area contributed by atoms with Gasteiger partial charge in [0, 0.05) is 18.7 Å². The van der Waals surface area contributed by atoms with E-state index in [1.807, 2.05) is 0 Å². The maximum Gasteiger partial charge on any atom is 0.422 e. The Bertz CT molecular complexity index is 1160. The lowest BCUT2D eigenvalue weighted by atomic mass is 9.94. The molecule has 3 unspecified atom stereocenters. The van der Waals surface area contributed by atoms with Crippen LogP contribution in [0.1, 0.15) is 18.4 Å². The van der Waals surface area contributed by atoms with Gasteiger partial charge in [0.15, 0.2) is 6.61 Å². The third-order valence-electron chi connectivity index (χ3n) is 6.14. The van der Waals surface area contributed by atoms with Crippen molar-refractivity contribution in [2.45, 2.75) is 47.4 Å². The molecule has 2 heterocycles. The number of carbonyl (C=O) groups excluding carboxylic acids is 1. The molecule has 0 saturated carbocycles. The summed E-state index contributed by atoms with van der Waals surface area (Å²) in [6.07, 6.45) is -2.92. The quantitative estimate of drug-likeness (QED) is 0.491. The van der Waals surface area contributed by atoms with E-state index in [-0.39, 0.29) is 23.4 Å². The molecular formula is C23H25F4N3O4S. The van der Waals surface area contributed by atoms with Crippen molar-refractivity contribution in [3.63, 3.8) is 0 Å². The molecule has 0 aromatic heterocycles. The lowest BCUT2D eigenvalue weighted by Gasteiger charge is -2.25. The highest BCUT2D eigenvalue weighted by Crippen LogP contribution is 2.28. The van der Waals surface area contributed by atoms with Gasteiger partial charge in [-0.1, -0.05) is 12.1 Å². The molecule has 3 N–H and O–H groups in total. The average molecular weight is 516 g/mol. The molecule has 0 bridgehead atoms. The predicted molar refractivity (Wildman–Crippen MR) is 118 cm³/mol. The summed E-state index contributed by atoms with van der Waals surface area (Å²) in [4.78, 5) is 11.8. The molecule has 0 aliphatic carbocycles. The summed E-state index contributed by atoms with van der Waals surface area (Å²) in [6.45, 7) is 0.333. The summed E-state index contributed by atoms with van der Waals surface area (Å²) in [5, 5.41) is 9.55. The topological polar surface area (TPSA) is 96.5 Å². The zero-order valence-electron chi connectivity index (χ0n) is 18.6. The van der Waals surface area contributed by atoms with E-state index in [1.165, 1.54) is 24.3 Å². The first kappa shape index (κ1) is 25.4. The Hall–Kier alpha value is -2.70. The van der Waals surface area contributed by atoms with Crippen molar-refractivity contribution in [1.82, 2.24) is 16.0 Å². The van der Waals surface area contributed by atoms with Gasteiger partial charge in [-0.2, -0.15) is 13.2 Å². The van der Waals surface area contributed by atoms with E-state index in [0.717, 1.165) is 32.0 Å². The third kappa shape index (κ3) is 6.30. The number of benzene rings is 2. The van der Waals surface area contributed by atoms with Crippen LogP contribution in [-0.4, -0.2) is 52.3 Å². The van der Waals surface area contributed by atoms with Crippen LogP contribution in [0, 0.1) is 11.7 Å². The Balaban J connectivity index is 1.39. The Kier molecular flexibility index (Phi) is 7.34. The summed E-state index contributed by atoms with van der Waals surface area (Å²) in [6, 6.07) is 7.92. The van der Waals surface area contributed by atoms with Crippen molar-refractivity contribution in [3.8, 4) is 5.75 Å². The molecule has 0 radical (unpaired) electrons. The highest BCUT2D eigenvalue weighted by atomic mass is 32.2. The fourth-order valence-electron chi connectivity index (χ4n) is 4.38. The number of hydrogen-bond acceptors (Lipinski definition) is 6. The van der Waals surface area contributed by atoms with Crippen LogP contribution in [0.15, 0.2) is 52.3 Å². The van der Waals surface area contributed by atoms with Crippen LogP contribution in [0.5, 0.6) is 5.75 Å². The first-order valence-electron chi connectivity index (χ1n) is 11.1. The Morgan fingerprint density at radius 2 is 1.86 bits per heavy atom. The fraction of sp³-hybridized carbons (Fsp3) is 0.435. The van der Waals surface area contributed by atoms with Crippen molar-refractivity contribution in [2.75, 3.05) is 19.7 Å². The number of hydrogen-bond donors (Lipinski definition) is 3. The van der Waals surface area contributed by atoms with Crippen molar-refractivity contribution in [3.05, 3.63) is 53.8 Å². The number of sulfone groups is 1. The van der Waals surface area contributed by atoms with E-state index < -0.39 is 39.1 Å². The molecule has 2 aromatic rings. The van der Waals surface area contributed by atoms with Crippen molar-refractivity contribution in [1.29, 1.82) is 0 Å². The molecule has 35 heavy (non-hydrogen) atoms. The van der Waals surface area contributed by atoms with Gasteiger partial charge in [0.1, 0.15) is 11.6 Å². The molecule has 7 nitrogen and oxygen atoms in total. The van der Waals surface area contributed by atoms with Crippen LogP contribution in [-0.2, 0) is 21.2 Å². The number of alkyl halides is 3. The van der Waals surface area contributed by atoms with Gasteiger partial charge in [0.05, 0.1) is 15.8 Å². The average Bonchev–Trinajstić information content (AvgIpc) is 3.25. The zero-order valence-corrected chi connectivity index (χ0v) is 19.4. The largest absolute Gasteiger partial charge is 0.484 e. The van der Waals surface area contributed by atoms with Crippen LogP contribution >= 0.6 is 0 Å². The standard InChI is InChI=1S/C23H25F4N3O4S/c24-16-8-17(34-13-23(25,26)27)10-19(9-16)35(32,33)18-3-1-14(2-4-18)11-29-22(31)21-7-15-12-28-6-5-20(15)30-21/h1-4,8-10,15,20-21,28,30H,5-7,11-13H2,(H,29,31). The Labute approximate surface area is 200 Å². The smallest absolute Gasteiger partial charge is 0.422 e. The number of ether oxygens (including phenoxy) is 1. The molecule has 0 spiro atoms. The van der Waals surface area contributed by atoms with Gasteiger partial charge in [0.25, 0.3) is 0 Å². The number of rotatable bonds is 7. The summed E-state index contributed by atoms with van der Waals surface area (Å²) in [5.41, 5.74) is 0.655. The second kappa shape index (κ2) is 10.1. The SMILES string of the molecule is O=C(NCc1ccc(S(=O)(=O)c2cc(F)cc(OCC(F)(F)F)c2)cc1)C1CC2CNCCC2N1. The van der Waals surface area contributed by atoms with Gasteiger partial charge in [-0.25, -0.2) is 12.8 Å². The van der Waals surface area contributed by atoms with E-state index in [4.69, 9.17) is 0 Å². The van der Waals surface area contributed by atoms with Gasteiger partial charge in [0.2, 0.25) is 15.7 Å². The van der Waals surface area contributed by atoms with Gasteiger partial charge < -0.3 is 20.7 Å². The molecular weight excluding hydrogens is 490 g/mol. The van der Waals surface area contributed by atoms with Crippen LogP contribution in [0.4, 0.5) is 17.6 Å². The van der Waals surface area contributed by atoms with Crippen LogP contribution in [0.2, 0.25) is 0 Å². The first-order chi connectivity index (χ1) is 16.5. The van der Waals surface area contributed by atoms with Gasteiger partial charge in [-0.3, -0.25) is 4.79 Å². The summed E-state index contributed by atoms with van der Waals surface area (Å²) >= 11 is 0. The fourth-order valence-corrected chi connectivity index (χ4v) is 5.68. The monoisotopic (exact) mass is 515 g/mol. The summed E-state index contributed by atoms with van der Waals surface area (Å²) < 4.78 is 81.3. The number of nitrogens with one attached hydrogen (secondary N) is 3. The highest BCUT2D eigenvalue weighted by molar-refractivity contribution is 7.91. The van der Waals surface area contributed by atoms with Crippen molar-refractivity contribution >= 4 is 15.7 Å². The molecule has 2 fully saturated rings. The number of halogens is 4. The van der Waals surface area contributed by atoms with Gasteiger partial charge >= 0.3 is 6.18 Å². The second-order valence-electron chi connectivity index (χ2n) is 8.71. The summed E-state index contributed by atoms with van der Waals surface area (Å²) in [5.74, 6) is -1.29. The predicted octanol–water partition coefficient (Wildman–Crippen LogP) is 2.56. The zero-order chi connectivity index (χ0) is 25.2. The van der Waals surface area contributed by atoms with E-state index in [0.29, 0.717) is 29.7 Å². The number of fused-ring (bicyclic) bond motifs is 1. The number of amides is 1. The van der Waals surface area contributed by atoms with Crippen molar-refractivity contribution in [2.24, 2.45) is 5.92 Å². The molecule has 12 heteroatoms. The molecule has 4 rings (SSSR count). The van der Waals surface area contributed by atoms with E-state index >= 15 is 0 Å². The van der Waals surface area contributed by atoms with Crippen LogP contribution in [0.25, 0.3) is 0 Å². The maximum atomic E-state index is 13.9. The minimum absolute atomic E-state index is 0.123. The summed E-state index contributed by atoms with van der Waals surface area (Å²) in [7, 11) is -4.22. The van der Waals surface area contributed by atoms with Crippen molar-refractivity contribution < 1.29 is 35.5 Å². The Morgan fingerprint density at radius 1 is 1.11 bits per heavy atom. The number of piperidine rings is 1. The highest BCUT2D eigenvalue weighted by Gasteiger charge is 2.38. The van der Waals surface area contributed by atoms with E-state index in [1.54, 1.807) is 0 Å². The number of carbonyl (C=O) groups is 1. The minimum Gasteiger partial charge on any atom is -0.484 e. The molecule has 1 amide bonds. The first-order valence-corrected chi connectivity index (χ1v) is 12.6. The molecule has 190 valence electrons. The van der Waals surface area contributed by atoms with Crippen LogP contribution < -0.4 is 20.7 Å². The normalized spacial score (nSPS) is 22.5. The lowest BCUT2D eigenvalue weighted by Crippen LogP contribution is -2.45. The molecule has 3 atom stereocenters. The third-order valence-corrected chi connectivity index (χ3v) is 7.88. The Morgan fingerprint density at radius 3 is 2.54 bits per heavy atom. The molecule has 2 aliphatic heterocycles.